The van der Waals surface area contributed by atoms with Crippen molar-refractivity contribution in [1.29, 1.82) is 0 Å². The standard InChI is InChI=1S/C7H8N2O2.C2H6/c1-11-7(10)5-3-2-4-6(8)9-5;1-2/h2-4H,1H3,(H2,8,9);1-2H3. The van der Waals surface area contributed by atoms with Crippen LogP contribution in [0, 0.1) is 0 Å². The first-order chi connectivity index (χ1) is 6.24. The molecule has 4 nitrogen and oxygen atoms in total. The van der Waals surface area contributed by atoms with Crippen molar-refractivity contribution < 1.29 is 9.53 Å². The fourth-order valence-corrected chi connectivity index (χ4v) is 0.670. The number of carbonyl (C=O) groups is 1. The molecule has 0 saturated heterocycles. The summed E-state index contributed by atoms with van der Waals surface area (Å²) in [4.78, 5) is 14.6. The Kier molecular flexibility index (Phi) is 5.27. The number of nitrogens with two attached hydrogens (primary N) is 1. The second-order valence-electron chi connectivity index (χ2n) is 1.94. The van der Waals surface area contributed by atoms with Gasteiger partial charge in [0.05, 0.1) is 7.11 Å². The third-order valence-corrected chi connectivity index (χ3v) is 1.17. The molecule has 0 amide bonds. The third kappa shape index (κ3) is 3.55. The SMILES string of the molecule is CC.COC(=O)c1cccc(N)n1. The molecule has 0 aromatic carbocycles. The Morgan fingerprint density at radius 2 is 2.08 bits per heavy atom. The van der Waals surface area contributed by atoms with Crippen molar-refractivity contribution in [3.8, 4) is 0 Å². The number of rotatable bonds is 1. The van der Waals surface area contributed by atoms with E-state index < -0.39 is 5.97 Å². The Balaban J connectivity index is 0.000000671. The van der Waals surface area contributed by atoms with Crippen LogP contribution >= 0.6 is 0 Å². The Hall–Kier alpha value is -1.58. The predicted octanol–water partition coefficient (Wildman–Crippen LogP) is 1.48. The van der Waals surface area contributed by atoms with Crippen LogP contribution in [0.25, 0.3) is 0 Å². The average molecular weight is 182 g/mol. The molecule has 0 aliphatic heterocycles. The van der Waals surface area contributed by atoms with Crippen LogP contribution in [0.2, 0.25) is 0 Å². The predicted molar refractivity (Wildman–Crippen MR) is 51.3 cm³/mol. The molecule has 1 aromatic rings. The van der Waals surface area contributed by atoms with Gasteiger partial charge in [-0.1, -0.05) is 19.9 Å². The van der Waals surface area contributed by atoms with Crippen molar-refractivity contribution in [3.05, 3.63) is 23.9 Å². The highest BCUT2D eigenvalue weighted by Crippen LogP contribution is 2.00. The second kappa shape index (κ2) is 5.99. The van der Waals surface area contributed by atoms with Gasteiger partial charge in [0.25, 0.3) is 0 Å². The van der Waals surface area contributed by atoms with Gasteiger partial charge in [0, 0.05) is 0 Å². The van der Waals surface area contributed by atoms with Gasteiger partial charge in [0.15, 0.2) is 5.69 Å². The van der Waals surface area contributed by atoms with Gasteiger partial charge >= 0.3 is 5.97 Å². The molecule has 0 atom stereocenters. The minimum absolute atomic E-state index is 0.229. The van der Waals surface area contributed by atoms with Gasteiger partial charge in [0.2, 0.25) is 0 Å². The molecule has 0 radical (unpaired) electrons. The number of pyridine rings is 1. The summed E-state index contributed by atoms with van der Waals surface area (Å²) in [7, 11) is 1.30. The number of ether oxygens (including phenoxy) is 1. The van der Waals surface area contributed by atoms with E-state index in [1.54, 1.807) is 18.2 Å². The zero-order valence-corrected chi connectivity index (χ0v) is 8.07. The van der Waals surface area contributed by atoms with E-state index in [4.69, 9.17) is 5.73 Å². The highest BCUT2D eigenvalue weighted by molar-refractivity contribution is 5.87. The number of hydrogen-bond acceptors (Lipinski definition) is 4. The molecular weight excluding hydrogens is 168 g/mol. The van der Waals surface area contributed by atoms with Crippen LogP contribution in [0.15, 0.2) is 18.2 Å². The third-order valence-electron chi connectivity index (χ3n) is 1.17. The van der Waals surface area contributed by atoms with Gasteiger partial charge in [-0.15, -0.1) is 0 Å². The van der Waals surface area contributed by atoms with E-state index in [0.717, 1.165) is 0 Å². The summed E-state index contributed by atoms with van der Waals surface area (Å²) in [5.74, 6) is -0.162. The molecule has 72 valence electrons. The van der Waals surface area contributed by atoms with Gasteiger partial charge in [-0.25, -0.2) is 9.78 Å². The number of hydrogen-bond donors (Lipinski definition) is 1. The number of methoxy groups -OCH3 is 1. The average Bonchev–Trinajstić information content (AvgIpc) is 2.20. The van der Waals surface area contributed by atoms with Crippen molar-refractivity contribution in [2.24, 2.45) is 0 Å². The van der Waals surface area contributed by atoms with Crippen molar-refractivity contribution in [2.45, 2.75) is 13.8 Å². The molecule has 13 heavy (non-hydrogen) atoms. The van der Waals surface area contributed by atoms with Crippen molar-refractivity contribution in [1.82, 2.24) is 4.98 Å². The summed E-state index contributed by atoms with van der Waals surface area (Å²) < 4.78 is 4.43. The minimum Gasteiger partial charge on any atom is -0.464 e. The minimum atomic E-state index is -0.475. The summed E-state index contributed by atoms with van der Waals surface area (Å²) in [5.41, 5.74) is 5.56. The van der Waals surface area contributed by atoms with Crippen molar-refractivity contribution in [2.75, 3.05) is 12.8 Å². The van der Waals surface area contributed by atoms with E-state index in [0.29, 0.717) is 5.82 Å². The first kappa shape index (κ1) is 11.4. The molecule has 0 saturated carbocycles. The normalized spacial score (nSPS) is 8.23. The van der Waals surface area contributed by atoms with E-state index in [9.17, 15) is 4.79 Å². The van der Waals surface area contributed by atoms with Gasteiger partial charge < -0.3 is 10.5 Å². The number of nitrogen functional groups attached to an aromatic ring is 1. The summed E-state index contributed by atoms with van der Waals surface area (Å²) in [6.45, 7) is 4.00. The van der Waals surface area contributed by atoms with Crippen LogP contribution in [0.4, 0.5) is 5.82 Å². The molecule has 0 unspecified atom stereocenters. The Bertz CT molecular complexity index is 274. The monoisotopic (exact) mass is 182 g/mol. The molecule has 2 N–H and O–H groups in total. The van der Waals surface area contributed by atoms with Crippen LogP contribution in [-0.2, 0) is 4.74 Å². The van der Waals surface area contributed by atoms with Gasteiger partial charge in [-0.3, -0.25) is 0 Å². The first-order valence-corrected chi connectivity index (χ1v) is 4.05. The van der Waals surface area contributed by atoms with Crippen LogP contribution in [0.5, 0.6) is 0 Å². The largest absolute Gasteiger partial charge is 0.464 e. The molecule has 0 aliphatic rings. The van der Waals surface area contributed by atoms with E-state index in [1.165, 1.54) is 7.11 Å². The maximum Gasteiger partial charge on any atom is 0.356 e. The lowest BCUT2D eigenvalue weighted by Gasteiger charge is -1.97. The topological polar surface area (TPSA) is 65.2 Å². The number of nitrogens with zero attached hydrogens (tertiary/aromatic N) is 1. The lowest BCUT2D eigenvalue weighted by Crippen LogP contribution is -2.05. The maximum atomic E-state index is 10.8. The molecule has 1 aromatic heterocycles. The van der Waals surface area contributed by atoms with Gasteiger partial charge in [-0.2, -0.15) is 0 Å². The number of carbonyl (C=O) groups excluding carboxylic acids is 1. The highest BCUT2D eigenvalue weighted by Gasteiger charge is 2.05. The first-order valence-electron chi connectivity index (χ1n) is 4.05. The summed E-state index contributed by atoms with van der Waals surface area (Å²) in [6.07, 6.45) is 0. The van der Waals surface area contributed by atoms with Crippen LogP contribution in [0.3, 0.4) is 0 Å². The summed E-state index contributed by atoms with van der Waals surface area (Å²) in [6, 6.07) is 4.79. The molecule has 0 aliphatic carbocycles. The molecule has 1 heterocycles. The van der Waals surface area contributed by atoms with E-state index in [-0.39, 0.29) is 5.69 Å². The van der Waals surface area contributed by atoms with E-state index in [1.807, 2.05) is 13.8 Å². The Labute approximate surface area is 77.7 Å². The quantitative estimate of drug-likeness (QED) is 0.668. The zero-order chi connectivity index (χ0) is 10.3. The van der Waals surface area contributed by atoms with E-state index in [2.05, 4.69) is 9.72 Å². The Morgan fingerprint density at radius 3 is 2.54 bits per heavy atom. The molecular formula is C9H14N2O2. The molecule has 0 fully saturated rings. The maximum absolute atomic E-state index is 10.8. The molecule has 0 spiro atoms. The van der Waals surface area contributed by atoms with Crippen LogP contribution in [0.1, 0.15) is 24.3 Å². The zero-order valence-electron chi connectivity index (χ0n) is 8.07. The molecule has 0 bridgehead atoms. The summed E-state index contributed by atoms with van der Waals surface area (Å²) >= 11 is 0. The number of anilines is 1. The van der Waals surface area contributed by atoms with Gasteiger partial charge in [0.1, 0.15) is 5.82 Å². The lowest BCUT2D eigenvalue weighted by atomic mass is 10.3. The highest BCUT2D eigenvalue weighted by atomic mass is 16.5. The Morgan fingerprint density at radius 1 is 1.46 bits per heavy atom. The lowest BCUT2D eigenvalue weighted by molar-refractivity contribution is 0.0594. The van der Waals surface area contributed by atoms with Crippen molar-refractivity contribution >= 4 is 11.8 Å². The number of esters is 1. The fourth-order valence-electron chi connectivity index (χ4n) is 0.670. The number of aromatic nitrogens is 1. The van der Waals surface area contributed by atoms with Gasteiger partial charge in [-0.05, 0) is 12.1 Å². The van der Waals surface area contributed by atoms with Crippen molar-refractivity contribution in [3.63, 3.8) is 0 Å². The molecule has 1 rings (SSSR count). The molecule has 4 heteroatoms. The fraction of sp³-hybridized carbons (Fsp3) is 0.333. The second-order valence-corrected chi connectivity index (χ2v) is 1.94. The van der Waals surface area contributed by atoms with Crippen LogP contribution < -0.4 is 5.73 Å². The van der Waals surface area contributed by atoms with Crippen LogP contribution in [-0.4, -0.2) is 18.1 Å². The smallest absolute Gasteiger partial charge is 0.356 e. The van der Waals surface area contributed by atoms with E-state index >= 15 is 0 Å². The summed E-state index contributed by atoms with van der Waals surface area (Å²) in [5, 5.41) is 0.